The molecule has 0 aliphatic heterocycles. The molecule has 21 heavy (non-hydrogen) atoms. The number of aromatic hydroxyl groups is 1. The van der Waals surface area contributed by atoms with Crippen molar-refractivity contribution in [3.05, 3.63) is 29.5 Å². The van der Waals surface area contributed by atoms with Crippen molar-refractivity contribution in [3.8, 4) is 22.9 Å². The predicted octanol–water partition coefficient (Wildman–Crippen LogP) is 3.16. The number of phenols is 1. The van der Waals surface area contributed by atoms with Crippen LogP contribution >= 0.6 is 0 Å². The third-order valence-electron chi connectivity index (χ3n) is 3.34. The normalized spacial score (nSPS) is 10.5. The van der Waals surface area contributed by atoms with E-state index in [1.54, 1.807) is 18.2 Å². The van der Waals surface area contributed by atoms with E-state index in [2.05, 4.69) is 22.2 Å². The maximum Gasteiger partial charge on any atom is 0.161 e. The summed E-state index contributed by atoms with van der Waals surface area (Å²) in [6.07, 6.45) is 0.840. The van der Waals surface area contributed by atoms with Crippen molar-refractivity contribution < 1.29 is 9.84 Å². The number of aromatic nitrogens is 2. The molecule has 2 aromatic rings. The fourth-order valence-corrected chi connectivity index (χ4v) is 2.20. The van der Waals surface area contributed by atoms with Gasteiger partial charge in [-0.05, 0) is 38.5 Å². The quantitative estimate of drug-likeness (QED) is 0.884. The van der Waals surface area contributed by atoms with Crippen LogP contribution < -0.4 is 10.1 Å². The van der Waals surface area contributed by atoms with Crippen molar-refractivity contribution in [1.82, 2.24) is 9.97 Å². The Labute approximate surface area is 125 Å². The van der Waals surface area contributed by atoms with Gasteiger partial charge >= 0.3 is 0 Å². The lowest BCUT2D eigenvalue weighted by Gasteiger charge is -2.12. The van der Waals surface area contributed by atoms with Gasteiger partial charge in [-0.2, -0.15) is 0 Å². The van der Waals surface area contributed by atoms with Crippen LogP contribution in [0.4, 0.5) is 5.82 Å². The molecule has 0 spiro atoms. The Morgan fingerprint density at radius 1 is 1.24 bits per heavy atom. The van der Waals surface area contributed by atoms with E-state index in [-0.39, 0.29) is 5.75 Å². The second-order valence-corrected chi connectivity index (χ2v) is 4.69. The van der Waals surface area contributed by atoms with Gasteiger partial charge in [0, 0.05) is 23.9 Å². The SMILES string of the molecule is CCOc1cc(-c2nc(CC)c(C)c(NC)n2)ccc1O. The molecular weight excluding hydrogens is 266 g/mol. The average Bonchev–Trinajstić information content (AvgIpc) is 2.50. The topological polar surface area (TPSA) is 67.3 Å². The van der Waals surface area contributed by atoms with Gasteiger partial charge in [-0.3, -0.25) is 0 Å². The fourth-order valence-electron chi connectivity index (χ4n) is 2.20. The molecular formula is C16H21N3O2. The highest BCUT2D eigenvalue weighted by Crippen LogP contribution is 2.31. The van der Waals surface area contributed by atoms with E-state index in [1.807, 2.05) is 20.9 Å². The van der Waals surface area contributed by atoms with Gasteiger partial charge in [-0.25, -0.2) is 9.97 Å². The van der Waals surface area contributed by atoms with Crippen LogP contribution in [0, 0.1) is 6.92 Å². The first-order chi connectivity index (χ1) is 10.1. The molecule has 0 aliphatic rings. The van der Waals surface area contributed by atoms with E-state index in [0.717, 1.165) is 29.1 Å². The molecule has 0 fully saturated rings. The van der Waals surface area contributed by atoms with Crippen LogP contribution in [0.15, 0.2) is 18.2 Å². The second kappa shape index (κ2) is 6.43. The molecule has 1 heterocycles. The molecule has 0 saturated carbocycles. The summed E-state index contributed by atoms with van der Waals surface area (Å²) < 4.78 is 5.41. The number of nitrogens with one attached hydrogen (secondary N) is 1. The lowest BCUT2D eigenvalue weighted by molar-refractivity contribution is 0.318. The minimum absolute atomic E-state index is 0.122. The molecule has 0 amide bonds. The molecule has 1 aromatic heterocycles. The van der Waals surface area contributed by atoms with Crippen molar-refractivity contribution in [2.45, 2.75) is 27.2 Å². The number of hydrogen-bond acceptors (Lipinski definition) is 5. The molecule has 0 radical (unpaired) electrons. The number of aryl methyl sites for hydroxylation is 1. The molecule has 2 rings (SSSR count). The zero-order valence-corrected chi connectivity index (χ0v) is 12.9. The summed E-state index contributed by atoms with van der Waals surface area (Å²) in [5.41, 5.74) is 2.89. The van der Waals surface area contributed by atoms with Crippen LogP contribution in [-0.4, -0.2) is 28.7 Å². The molecule has 1 aromatic carbocycles. The summed E-state index contributed by atoms with van der Waals surface area (Å²) in [7, 11) is 1.85. The zero-order chi connectivity index (χ0) is 15.4. The first kappa shape index (κ1) is 15.1. The van der Waals surface area contributed by atoms with Crippen LogP contribution in [0.3, 0.4) is 0 Å². The Kier molecular flexibility index (Phi) is 4.62. The number of anilines is 1. The first-order valence-corrected chi connectivity index (χ1v) is 7.12. The molecule has 5 heteroatoms. The molecule has 0 saturated heterocycles. The van der Waals surface area contributed by atoms with Gasteiger partial charge < -0.3 is 15.2 Å². The van der Waals surface area contributed by atoms with Crippen LogP contribution in [-0.2, 0) is 6.42 Å². The van der Waals surface area contributed by atoms with Crippen LogP contribution in [0.5, 0.6) is 11.5 Å². The summed E-state index contributed by atoms with van der Waals surface area (Å²) in [6, 6.07) is 5.16. The van der Waals surface area contributed by atoms with Crippen LogP contribution in [0.25, 0.3) is 11.4 Å². The fraction of sp³-hybridized carbons (Fsp3) is 0.375. The number of hydrogen-bond donors (Lipinski definition) is 2. The monoisotopic (exact) mass is 287 g/mol. The van der Waals surface area contributed by atoms with Gasteiger partial charge in [0.25, 0.3) is 0 Å². The number of phenolic OH excluding ortho intramolecular Hbond substituents is 1. The van der Waals surface area contributed by atoms with Gasteiger partial charge in [0.05, 0.1) is 6.61 Å². The molecule has 112 valence electrons. The second-order valence-electron chi connectivity index (χ2n) is 4.69. The summed E-state index contributed by atoms with van der Waals surface area (Å²) in [5, 5.41) is 12.9. The van der Waals surface area contributed by atoms with Gasteiger partial charge in [0.2, 0.25) is 0 Å². The summed E-state index contributed by atoms with van der Waals surface area (Å²) in [5.74, 6) is 2.02. The third-order valence-corrected chi connectivity index (χ3v) is 3.34. The Morgan fingerprint density at radius 3 is 2.62 bits per heavy atom. The Bertz CT molecular complexity index is 616. The van der Waals surface area contributed by atoms with Crippen molar-refractivity contribution in [3.63, 3.8) is 0 Å². The van der Waals surface area contributed by atoms with E-state index in [0.29, 0.717) is 18.2 Å². The lowest BCUT2D eigenvalue weighted by Crippen LogP contribution is -2.04. The largest absolute Gasteiger partial charge is 0.504 e. The molecule has 0 bridgehead atoms. The molecule has 2 N–H and O–H groups in total. The molecule has 0 atom stereocenters. The van der Waals surface area contributed by atoms with E-state index in [4.69, 9.17) is 4.74 Å². The van der Waals surface area contributed by atoms with Crippen LogP contribution in [0.1, 0.15) is 25.1 Å². The highest BCUT2D eigenvalue weighted by atomic mass is 16.5. The molecule has 5 nitrogen and oxygen atoms in total. The Balaban J connectivity index is 2.53. The van der Waals surface area contributed by atoms with Crippen LogP contribution in [0.2, 0.25) is 0 Å². The summed E-state index contributed by atoms with van der Waals surface area (Å²) >= 11 is 0. The summed E-state index contributed by atoms with van der Waals surface area (Å²) in [4.78, 5) is 9.15. The van der Waals surface area contributed by atoms with E-state index in [9.17, 15) is 5.11 Å². The van der Waals surface area contributed by atoms with Gasteiger partial charge in [0.15, 0.2) is 17.3 Å². The molecule has 0 unspecified atom stereocenters. The average molecular weight is 287 g/mol. The number of ether oxygens (including phenoxy) is 1. The van der Waals surface area contributed by atoms with Crippen molar-refractivity contribution in [2.24, 2.45) is 0 Å². The van der Waals surface area contributed by atoms with E-state index in [1.165, 1.54) is 0 Å². The van der Waals surface area contributed by atoms with Gasteiger partial charge in [-0.15, -0.1) is 0 Å². The standard InChI is InChI=1S/C16H21N3O2/c1-5-12-10(3)15(17-4)19-16(18-12)11-7-8-13(20)14(9-11)21-6-2/h7-9,20H,5-6H2,1-4H3,(H,17,18,19). The lowest BCUT2D eigenvalue weighted by atomic mass is 10.1. The Morgan fingerprint density at radius 2 is 2.00 bits per heavy atom. The first-order valence-electron chi connectivity index (χ1n) is 7.12. The summed E-state index contributed by atoms with van der Waals surface area (Å²) in [6.45, 7) is 6.45. The zero-order valence-electron chi connectivity index (χ0n) is 12.9. The van der Waals surface area contributed by atoms with Gasteiger partial charge in [-0.1, -0.05) is 6.92 Å². The minimum atomic E-state index is 0.122. The maximum atomic E-state index is 9.78. The molecule has 0 aliphatic carbocycles. The van der Waals surface area contributed by atoms with Gasteiger partial charge in [0.1, 0.15) is 5.82 Å². The van der Waals surface area contributed by atoms with Crippen molar-refractivity contribution in [1.29, 1.82) is 0 Å². The maximum absolute atomic E-state index is 9.78. The number of benzene rings is 1. The van der Waals surface area contributed by atoms with Crippen molar-refractivity contribution >= 4 is 5.82 Å². The van der Waals surface area contributed by atoms with E-state index < -0.39 is 0 Å². The smallest absolute Gasteiger partial charge is 0.161 e. The number of nitrogens with zero attached hydrogens (tertiary/aromatic N) is 2. The van der Waals surface area contributed by atoms with Crippen molar-refractivity contribution in [2.75, 3.05) is 19.0 Å². The minimum Gasteiger partial charge on any atom is -0.504 e. The number of rotatable bonds is 5. The van der Waals surface area contributed by atoms with E-state index >= 15 is 0 Å². The third kappa shape index (κ3) is 3.07. The Hall–Kier alpha value is -2.30. The predicted molar refractivity (Wildman–Crippen MR) is 84.0 cm³/mol. The highest BCUT2D eigenvalue weighted by Gasteiger charge is 2.12. The highest BCUT2D eigenvalue weighted by molar-refractivity contribution is 5.63.